The SMILES string of the molecule is CS(=O)(=O)c1ccc(Cl)c(NS(=O)(=O)CCl)c1. The lowest BCUT2D eigenvalue weighted by molar-refractivity contribution is 0.600. The topological polar surface area (TPSA) is 80.3 Å². The number of alkyl halides is 1. The number of anilines is 1. The van der Waals surface area contributed by atoms with Crippen LogP contribution in [0.3, 0.4) is 0 Å². The Hall–Kier alpha value is -0.500. The van der Waals surface area contributed by atoms with Crippen molar-refractivity contribution in [3.8, 4) is 0 Å². The molecule has 0 spiro atoms. The Morgan fingerprint density at radius 2 is 1.82 bits per heavy atom. The van der Waals surface area contributed by atoms with Gasteiger partial charge in [-0.3, -0.25) is 4.72 Å². The van der Waals surface area contributed by atoms with Crippen molar-refractivity contribution in [2.45, 2.75) is 4.90 Å². The minimum Gasteiger partial charge on any atom is -0.281 e. The molecule has 0 aliphatic heterocycles. The summed E-state index contributed by atoms with van der Waals surface area (Å²) in [5.74, 6) is 0. The summed E-state index contributed by atoms with van der Waals surface area (Å²) in [6.07, 6.45) is 1.01. The van der Waals surface area contributed by atoms with Crippen molar-refractivity contribution in [1.82, 2.24) is 0 Å². The van der Waals surface area contributed by atoms with Crippen LogP contribution in [0, 0.1) is 0 Å². The van der Waals surface area contributed by atoms with Crippen molar-refractivity contribution in [3.05, 3.63) is 23.2 Å². The van der Waals surface area contributed by atoms with Crippen LogP contribution in [-0.4, -0.2) is 28.3 Å². The molecule has 0 saturated heterocycles. The van der Waals surface area contributed by atoms with Crippen LogP contribution in [0.15, 0.2) is 23.1 Å². The smallest absolute Gasteiger partial charge is 0.246 e. The number of benzene rings is 1. The van der Waals surface area contributed by atoms with Gasteiger partial charge in [-0.25, -0.2) is 16.8 Å². The molecule has 0 radical (unpaired) electrons. The predicted molar refractivity (Wildman–Crippen MR) is 67.8 cm³/mol. The first-order chi connectivity index (χ1) is 7.65. The van der Waals surface area contributed by atoms with Gasteiger partial charge in [0.25, 0.3) is 0 Å². The normalized spacial score (nSPS) is 12.4. The quantitative estimate of drug-likeness (QED) is 0.857. The first-order valence-corrected chi connectivity index (χ1v) is 8.67. The van der Waals surface area contributed by atoms with Crippen LogP contribution in [0.4, 0.5) is 5.69 Å². The van der Waals surface area contributed by atoms with Crippen LogP contribution in [-0.2, 0) is 19.9 Å². The molecule has 0 unspecified atom stereocenters. The molecule has 1 aromatic carbocycles. The number of halogens is 2. The summed E-state index contributed by atoms with van der Waals surface area (Å²) in [5.41, 5.74) is -0.0183. The van der Waals surface area contributed by atoms with Crippen molar-refractivity contribution < 1.29 is 16.8 Å². The van der Waals surface area contributed by atoms with Crippen molar-refractivity contribution >= 4 is 48.7 Å². The van der Waals surface area contributed by atoms with Crippen molar-refractivity contribution in [2.24, 2.45) is 0 Å². The van der Waals surface area contributed by atoms with E-state index in [1.807, 2.05) is 0 Å². The van der Waals surface area contributed by atoms with E-state index in [-0.39, 0.29) is 15.6 Å². The first kappa shape index (κ1) is 14.6. The van der Waals surface area contributed by atoms with Gasteiger partial charge in [0.1, 0.15) is 5.21 Å². The van der Waals surface area contributed by atoms with Gasteiger partial charge in [-0.05, 0) is 18.2 Å². The van der Waals surface area contributed by atoms with Gasteiger partial charge >= 0.3 is 0 Å². The Balaban J connectivity index is 3.26. The fourth-order valence-electron chi connectivity index (χ4n) is 1.01. The zero-order chi connectivity index (χ0) is 13.3. The van der Waals surface area contributed by atoms with Gasteiger partial charge in [0, 0.05) is 6.26 Å². The maximum absolute atomic E-state index is 11.3. The minimum atomic E-state index is -3.72. The standard InChI is InChI=1S/C8H9Cl2NO4S2/c1-16(12,13)6-2-3-7(10)8(4-6)11-17(14,15)5-9/h2-4,11H,5H2,1H3. The Bertz CT molecular complexity index is 625. The van der Waals surface area contributed by atoms with Gasteiger partial charge < -0.3 is 0 Å². The highest BCUT2D eigenvalue weighted by molar-refractivity contribution is 7.93. The molecular formula is C8H9Cl2NO4S2. The largest absolute Gasteiger partial charge is 0.281 e. The van der Waals surface area contributed by atoms with Crippen LogP contribution in [0.1, 0.15) is 0 Å². The summed E-state index contributed by atoms with van der Waals surface area (Å²) in [6.45, 7) is 0. The molecule has 0 fully saturated rings. The Morgan fingerprint density at radius 1 is 1.24 bits per heavy atom. The summed E-state index contributed by atoms with van der Waals surface area (Å²) < 4.78 is 47.1. The van der Waals surface area contributed by atoms with Crippen molar-refractivity contribution in [3.63, 3.8) is 0 Å². The molecule has 0 heterocycles. The number of nitrogens with one attached hydrogen (secondary N) is 1. The van der Waals surface area contributed by atoms with E-state index in [0.717, 1.165) is 12.3 Å². The van der Waals surface area contributed by atoms with Gasteiger partial charge in [0.15, 0.2) is 9.84 Å². The molecule has 0 aromatic heterocycles. The van der Waals surface area contributed by atoms with E-state index < -0.39 is 25.1 Å². The van der Waals surface area contributed by atoms with Gasteiger partial charge in [-0.2, -0.15) is 0 Å². The molecule has 0 bridgehead atoms. The highest BCUT2D eigenvalue weighted by Gasteiger charge is 2.14. The number of hydrogen-bond acceptors (Lipinski definition) is 4. The lowest BCUT2D eigenvalue weighted by atomic mass is 10.3. The predicted octanol–water partition coefficient (Wildman–Crippen LogP) is 1.68. The molecule has 17 heavy (non-hydrogen) atoms. The molecule has 5 nitrogen and oxygen atoms in total. The number of sulfone groups is 1. The van der Waals surface area contributed by atoms with E-state index >= 15 is 0 Å². The molecule has 0 amide bonds. The number of hydrogen-bond donors (Lipinski definition) is 1. The fraction of sp³-hybridized carbons (Fsp3) is 0.250. The average Bonchev–Trinajstić information content (AvgIpc) is 2.19. The summed E-state index contributed by atoms with van der Waals surface area (Å²) in [7, 11) is -7.15. The van der Waals surface area contributed by atoms with E-state index in [1.54, 1.807) is 0 Å². The van der Waals surface area contributed by atoms with Gasteiger partial charge in [0.2, 0.25) is 10.0 Å². The maximum Gasteiger partial charge on any atom is 0.246 e. The molecule has 1 aromatic rings. The van der Waals surface area contributed by atoms with E-state index in [9.17, 15) is 16.8 Å². The maximum atomic E-state index is 11.3. The van der Waals surface area contributed by atoms with E-state index in [1.165, 1.54) is 12.1 Å². The molecule has 0 saturated carbocycles. The number of sulfonamides is 1. The molecular weight excluding hydrogens is 309 g/mol. The van der Waals surface area contributed by atoms with E-state index in [0.29, 0.717) is 0 Å². The van der Waals surface area contributed by atoms with Gasteiger partial charge in [0.05, 0.1) is 15.6 Å². The minimum absolute atomic E-state index is 0.0183. The van der Waals surface area contributed by atoms with Crippen LogP contribution < -0.4 is 4.72 Å². The lowest BCUT2D eigenvalue weighted by Crippen LogP contribution is -2.14. The van der Waals surface area contributed by atoms with Gasteiger partial charge in [-0.15, -0.1) is 11.6 Å². The highest BCUT2D eigenvalue weighted by atomic mass is 35.5. The van der Waals surface area contributed by atoms with Crippen LogP contribution in [0.5, 0.6) is 0 Å². The third-order valence-corrected chi connectivity index (χ3v) is 4.89. The molecule has 0 atom stereocenters. The second-order valence-electron chi connectivity index (χ2n) is 3.24. The van der Waals surface area contributed by atoms with Crippen LogP contribution in [0.2, 0.25) is 5.02 Å². The highest BCUT2D eigenvalue weighted by Crippen LogP contribution is 2.26. The second kappa shape index (κ2) is 5.01. The Kier molecular flexibility index (Phi) is 4.29. The molecule has 96 valence electrons. The molecule has 1 N–H and O–H groups in total. The van der Waals surface area contributed by atoms with Gasteiger partial charge in [-0.1, -0.05) is 11.6 Å². The zero-order valence-electron chi connectivity index (χ0n) is 8.64. The third kappa shape index (κ3) is 4.02. The second-order valence-corrected chi connectivity index (χ2v) is 7.97. The third-order valence-electron chi connectivity index (χ3n) is 1.78. The monoisotopic (exact) mass is 317 g/mol. The van der Waals surface area contributed by atoms with Crippen LogP contribution >= 0.6 is 23.2 Å². The van der Waals surface area contributed by atoms with Crippen molar-refractivity contribution in [2.75, 3.05) is 16.2 Å². The summed E-state index contributed by atoms with van der Waals surface area (Å²) in [6, 6.07) is 3.72. The summed E-state index contributed by atoms with van der Waals surface area (Å²) in [5, 5.41) is -0.557. The summed E-state index contributed by atoms with van der Waals surface area (Å²) in [4.78, 5) is -0.0332. The Labute approximate surface area is 110 Å². The molecule has 0 aliphatic rings. The fourth-order valence-corrected chi connectivity index (χ4v) is 2.60. The molecule has 1 rings (SSSR count). The lowest BCUT2D eigenvalue weighted by Gasteiger charge is -2.08. The van der Waals surface area contributed by atoms with Crippen molar-refractivity contribution in [1.29, 1.82) is 0 Å². The molecule has 9 heteroatoms. The van der Waals surface area contributed by atoms with E-state index in [4.69, 9.17) is 23.2 Å². The zero-order valence-corrected chi connectivity index (χ0v) is 11.8. The Morgan fingerprint density at radius 3 is 2.29 bits per heavy atom. The summed E-state index contributed by atoms with van der Waals surface area (Å²) >= 11 is 11.0. The average molecular weight is 318 g/mol. The first-order valence-electron chi connectivity index (χ1n) is 4.22. The van der Waals surface area contributed by atoms with E-state index in [2.05, 4.69) is 4.72 Å². The number of rotatable bonds is 4. The molecule has 0 aliphatic carbocycles. The van der Waals surface area contributed by atoms with Crippen LogP contribution in [0.25, 0.3) is 0 Å².